The Hall–Kier alpha value is -3.67. The van der Waals surface area contributed by atoms with Crippen LogP contribution in [0.1, 0.15) is 78.7 Å². The van der Waals surface area contributed by atoms with Crippen LogP contribution in [0.15, 0.2) is 71.4 Å². The third-order valence-corrected chi connectivity index (χ3v) is 7.62. The quantitative estimate of drug-likeness (QED) is 0.325. The minimum absolute atomic E-state index is 0.0152. The van der Waals surface area contributed by atoms with Crippen LogP contribution in [-0.4, -0.2) is 15.5 Å². The lowest BCUT2D eigenvalue weighted by molar-refractivity contribution is 0.0905. The van der Waals surface area contributed by atoms with Gasteiger partial charge in [0, 0.05) is 11.6 Å². The molecule has 4 aromatic rings. The first-order chi connectivity index (χ1) is 17.7. The Morgan fingerprint density at radius 2 is 1.75 bits per heavy atom. The number of carbonyl (C=O) groups excluding carboxylic acids is 1. The van der Waals surface area contributed by atoms with E-state index in [-0.39, 0.29) is 23.5 Å². The van der Waals surface area contributed by atoms with E-state index >= 15 is 0 Å². The van der Waals surface area contributed by atoms with Crippen LogP contribution in [-0.2, 0) is 6.42 Å². The van der Waals surface area contributed by atoms with E-state index in [1.165, 1.54) is 42.5 Å². The van der Waals surface area contributed by atoms with E-state index in [0.717, 1.165) is 49.1 Å². The molecular weight excluding hydrogens is 453 g/mol. The van der Waals surface area contributed by atoms with Crippen LogP contribution < -0.4 is 5.32 Å². The van der Waals surface area contributed by atoms with Crippen molar-refractivity contribution in [2.75, 3.05) is 0 Å². The molecular formula is C30H30FN3O2. The number of aromatic nitrogens is 2. The van der Waals surface area contributed by atoms with E-state index in [4.69, 9.17) is 9.40 Å². The molecule has 0 spiro atoms. The number of rotatable bonds is 5. The van der Waals surface area contributed by atoms with Gasteiger partial charge < -0.3 is 14.3 Å². The lowest BCUT2D eigenvalue weighted by Crippen LogP contribution is -2.30. The van der Waals surface area contributed by atoms with E-state index in [0.29, 0.717) is 11.8 Å². The summed E-state index contributed by atoms with van der Waals surface area (Å²) in [5.41, 5.74) is 4.90. The fourth-order valence-corrected chi connectivity index (χ4v) is 5.78. The van der Waals surface area contributed by atoms with Crippen LogP contribution in [0.5, 0.6) is 0 Å². The molecule has 0 aliphatic heterocycles. The van der Waals surface area contributed by atoms with Gasteiger partial charge >= 0.3 is 0 Å². The summed E-state index contributed by atoms with van der Waals surface area (Å²) in [6.45, 7) is 0. The number of hydrogen-bond donors (Lipinski definition) is 1. The maximum absolute atomic E-state index is 13.6. The van der Waals surface area contributed by atoms with Crippen molar-refractivity contribution >= 4 is 5.91 Å². The molecule has 0 bridgehead atoms. The van der Waals surface area contributed by atoms with Crippen LogP contribution in [0.25, 0.3) is 22.7 Å². The Morgan fingerprint density at radius 3 is 2.58 bits per heavy atom. The Labute approximate surface area is 210 Å². The third-order valence-electron chi connectivity index (χ3n) is 7.62. The van der Waals surface area contributed by atoms with Crippen molar-refractivity contribution in [3.8, 4) is 22.7 Å². The first-order valence-electron chi connectivity index (χ1n) is 13.0. The monoisotopic (exact) mass is 483 g/mol. The first kappa shape index (κ1) is 22.8. The number of hydrogen-bond acceptors (Lipinski definition) is 3. The molecule has 6 rings (SSSR count). The number of amides is 1. The van der Waals surface area contributed by atoms with Crippen molar-refractivity contribution in [3.63, 3.8) is 0 Å². The molecule has 1 saturated carbocycles. The highest BCUT2D eigenvalue weighted by Gasteiger charge is 2.27. The van der Waals surface area contributed by atoms with Crippen molar-refractivity contribution in [2.45, 2.75) is 63.5 Å². The van der Waals surface area contributed by atoms with E-state index in [2.05, 4.69) is 28.1 Å². The normalized spacial score (nSPS) is 18.1. The van der Waals surface area contributed by atoms with Gasteiger partial charge in [-0.1, -0.05) is 43.5 Å². The molecule has 2 aliphatic rings. The van der Waals surface area contributed by atoms with Crippen molar-refractivity contribution < 1.29 is 13.6 Å². The molecule has 2 aliphatic carbocycles. The van der Waals surface area contributed by atoms with Gasteiger partial charge in [0.05, 0.1) is 18.1 Å². The van der Waals surface area contributed by atoms with Gasteiger partial charge in [0.1, 0.15) is 11.5 Å². The summed E-state index contributed by atoms with van der Waals surface area (Å²) >= 11 is 0. The van der Waals surface area contributed by atoms with Gasteiger partial charge in [0.15, 0.2) is 11.5 Å². The van der Waals surface area contributed by atoms with Crippen molar-refractivity contribution in [1.82, 2.24) is 14.9 Å². The van der Waals surface area contributed by atoms with Gasteiger partial charge in [-0.2, -0.15) is 0 Å². The van der Waals surface area contributed by atoms with Crippen LogP contribution in [0.4, 0.5) is 4.39 Å². The number of fused-ring (bicyclic) bond motifs is 1. The minimum atomic E-state index is -0.284. The predicted molar refractivity (Wildman–Crippen MR) is 137 cm³/mol. The Kier molecular flexibility index (Phi) is 6.18. The van der Waals surface area contributed by atoms with Crippen LogP contribution >= 0.6 is 0 Å². The van der Waals surface area contributed by atoms with Crippen LogP contribution in [0.2, 0.25) is 0 Å². The number of halogens is 1. The van der Waals surface area contributed by atoms with Crippen molar-refractivity contribution in [2.24, 2.45) is 0 Å². The number of imidazole rings is 1. The molecule has 2 aromatic carbocycles. The molecule has 1 atom stereocenters. The van der Waals surface area contributed by atoms with Gasteiger partial charge in [0.2, 0.25) is 0 Å². The smallest absolute Gasteiger partial charge is 0.287 e. The third kappa shape index (κ3) is 4.36. The van der Waals surface area contributed by atoms with Gasteiger partial charge in [0.25, 0.3) is 5.91 Å². The second-order valence-corrected chi connectivity index (χ2v) is 9.93. The lowest BCUT2D eigenvalue weighted by atomic mass is 9.88. The zero-order valence-electron chi connectivity index (χ0n) is 20.3. The Balaban J connectivity index is 1.32. The van der Waals surface area contributed by atoms with Gasteiger partial charge in [-0.15, -0.1) is 0 Å². The molecule has 2 aromatic heterocycles. The number of nitrogens with one attached hydrogen (secondary N) is 1. The summed E-state index contributed by atoms with van der Waals surface area (Å²) in [4.78, 5) is 17.9. The molecule has 5 nitrogen and oxygen atoms in total. The number of nitrogens with zero attached hydrogens (tertiary/aromatic N) is 2. The summed E-state index contributed by atoms with van der Waals surface area (Å²) in [6, 6.07) is 18.6. The zero-order valence-corrected chi connectivity index (χ0v) is 20.3. The van der Waals surface area contributed by atoms with E-state index in [1.54, 1.807) is 18.2 Å². The summed E-state index contributed by atoms with van der Waals surface area (Å²) in [6.07, 6.45) is 10.7. The van der Waals surface area contributed by atoms with Crippen LogP contribution in [0, 0.1) is 5.82 Å². The standard InChI is InChI=1S/C30H30FN3O2/c31-22-15-13-21(14-16-22)28-29(34(19-32-28)23-9-2-1-3-10-23)26-17-18-27(36-26)30(35)33-25-12-6-8-20-7-4-5-11-24(20)25/h4-5,7,11,13-19,23,25H,1-3,6,8-10,12H2,(H,33,35). The highest BCUT2D eigenvalue weighted by atomic mass is 19.1. The van der Waals surface area contributed by atoms with E-state index in [9.17, 15) is 9.18 Å². The molecule has 1 unspecified atom stereocenters. The molecule has 0 saturated heterocycles. The zero-order chi connectivity index (χ0) is 24.5. The summed E-state index contributed by atoms with van der Waals surface area (Å²) in [5, 5.41) is 3.18. The van der Waals surface area contributed by atoms with E-state index in [1.807, 2.05) is 18.5 Å². The molecule has 184 valence electrons. The molecule has 36 heavy (non-hydrogen) atoms. The largest absolute Gasteiger partial charge is 0.449 e. The maximum Gasteiger partial charge on any atom is 0.287 e. The SMILES string of the molecule is O=C(NC1CCCc2ccccc21)c1ccc(-c2c(-c3ccc(F)cc3)ncn2C2CCCCC2)o1. The minimum Gasteiger partial charge on any atom is -0.449 e. The Morgan fingerprint density at radius 1 is 0.944 bits per heavy atom. The number of furan rings is 1. The lowest BCUT2D eigenvalue weighted by Gasteiger charge is -2.26. The molecule has 1 fully saturated rings. The number of benzene rings is 2. The molecule has 1 N–H and O–H groups in total. The molecule has 2 heterocycles. The van der Waals surface area contributed by atoms with Gasteiger partial charge in [-0.25, -0.2) is 9.37 Å². The highest BCUT2D eigenvalue weighted by molar-refractivity contribution is 5.92. The van der Waals surface area contributed by atoms with Gasteiger partial charge in [-0.3, -0.25) is 4.79 Å². The fourth-order valence-electron chi connectivity index (χ4n) is 5.78. The van der Waals surface area contributed by atoms with Crippen molar-refractivity contribution in [3.05, 3.63) is 89.7 Å². The first-order valence-corrected chi connectivity index (χ1v) is 13.0. The average Bonchev–Trinajstić information content (AvgIpc) is 3.58. The summed E-state index contributed by atoms with van der Waals surface area (Å²) in [7, 11) is 0. The second kappa shape index (κ2) is 9.76. The maximum atomic E-state index is 13.6. The van der Waals surface area contributed by atoms with Crippen molar-refractivity contribution in [1.29, 1.82) is 0 Å². The number of carbonyl (C=O) groups is 1. The topological polar surface area (TPSA) is 60.1 Å². The van der Waals surface area contributed by atoms with Crippen LogP contribution in [0.3, 0.4) is 0 Å². The molecule has 0 radical (unpaired) electrons. The summed E-state index contributed by atoms with van der Waals surface area (Å²) in [5.74, 6) is 0.393. The summed E-state index contributed by atoms with van der Waals surface area (Å²) < 4.78 is 22.0. The second-order valence-electron chi connectivity index (χ2n) is 9.93. The molecule has 6 heteroatoms. The average molecular weight is 484 g/mol. The highest BCUT2D eigenvalue weighted by Crippen LogP contribution is 2.38. The van der Waals surface area contributed by atoms with Gasteiger partial charge in [-0.05, 0) is 79.6 Å². The number of aryl methyl sites for hydroxylation is 1. The van der Waals surface area contributed by atoms with E-state index < -0.39 is 0 Å². The predicted octanol–water partition coefficient (Wildman–Crippen LogP) is 7.26. The Bertz CT molecular complexity index is 1370. The molecule has 1 amide bonds. The fraction of sp³-hybridized carbons (Fsp3) is 0.333.